The van der Waals surface area contributed by atoms with Gasteiger partial charge in [-0.05, 0) is 19.1 Å². The van der Waals surface area contributed by atoms with E-state index in [0.29, 0.717) is 18.2 Å². The van der Waals surface area contributed by atoms with Gasteiger partial charge in [0.1, 0.15) is 17.1 Å². The highest BCUT2D eigenvalue weighted by Gasteiger charge is 2.27. The lowest BCUT2D eigenvalue weighted by Crippen LogP contribution is -2.07. The van der Waals surface area contributed by atoms with Crippen molar-refractivity contribution in [3.05, 3.63) is 59.7 Å². The van der Waals surface area contributed by atoms with Crippen molar-refractivity contribution in [2.75, 3.05) is 19.0 Å². The van der Waals surface area contributed by atoms with Gasteiger partial charge in [0.25, 0.3) is 0 Å². The fourth-order valence-electron chi connectivity index (χ4n) is 3.52. The molecule has 5 rings (SSSR count). The molecule has 2 aromatic heterocycles. The zero-order valence-corrected chi connectivity index (χ0v) is 15.2. The number of para-hydroxylation sites is 1. The average molecular weight is 357 g/mol. The zero-order valence-electron chi connectivity index (χ0n) is 15.2. The highest BCUT2D eigenvalue weighted by atomic mass is 16.5. The second-order valence-corrected chi connectivity index (χ2v) is 6.69. The molecule has 27 heavy (non-hydrogen) atoms. The molecular weight excluding hydrogens is 338 g/mol. The van der Waals surface area contributed by atoms with Crippen LogP contribution in [0.2, 0.25) is 0 Å². The maximum atomic E-state index is 6.16. The fraction of sp³-hybridized carbons (Fsp3) is 0.182. The van der Waals surface area contributed by atoms with Gasteiger partial charge >= 0.3 is 0 Å². The quantitative estimate of drug-likeness (QED) is 0.556. The molecule has 0 aliphatic carbocycles. The summed E-state index contributed by atoms with van der Waals surface area (Å²) in [6.07, 6.45) is 0.720. The molecule has 2 aromatic carbocycles. The van der Waals surface area contributed by atoms with Crippen LogP contribution < -0.4 is 10.1 Å². The van der Waals surface area contributed by atoms with E-state index in [-0.39, 0.29) is 0 Å². The summed E-state index contributed by atoms with van der Waals surface area (Å²) in [5, 5.41) is 4.19. The van der Waals surface area contributed by atoms with Crippen LogP contribution in [0.3, 0.4) is 0 Å². The van der Waals surface area contributed by atoms with Crippen LogP contribution in [0.5, 0.6) is 5.75 Å². The van der Waals surface area contributed by atoms with Gasteiger partial charge in [-0.15, -0.1) is 0 Å². The summed E-state index contributed by atoms with van der Waals surface area (Å²) < 4.78 is 12.2. The average Bonchev–Trinajstić information content (AvgIpc) is 2.97. The number of ether oxygens (including phenoxy) is 1. The fourth-order valence-corrected chi connectivity index (χ4v) is 3.52. The van der Waals surface area contributed by atoms with E-state index in [4.69, 9.17) is 19.1 Å². The smallest absolute Gasteiger partial charge is 0.196 e. The van der Waals surface area contributed by atoms with E-state index in [1.54, 1.807) is 0 Å². The molecule has 0 unspecified atom stereocenters. The third-order valence-corrected chi connectivity index (χ3v) is 4.92. The number of hydrogen-bond donors (Lipinski definition) is 1. The monoisotopic (exact) mass is 357 g/mol. The summed E-state index contributed by atoms with van der Waals surface area (Å²) in [6, 6.07) is 16.1. The molecule has 0 amide bonds. The molecule has 0 spiro atoms. The summed E-state index contributed by atoms with van der Waals surface area (Å²) in [6.45, 7) is 2.63. The van der Waals surface area contributed by atoms with Gasteiger partial charge in [0.05, 0.1) is 12.0 Å². The largest absolute Gasteiger partial charge is 0.488 e. The number of benzene rings is 2. The predicted octanol–water partition coefficient (Wildman–Crippen LogP) is 4.84. The van der Waals surface area contributed by atoms with Gasteiger partial charge in [0, 0.05) is 24.6 Å². The molecule has 0 fully saturated rings. The minimum Gasteiger partial charge on any atom is -0.488 e. The van der Waals surface area contributed by atoms with Crippen molar-refractivity contribution in [1.29, 1.82) is 0 Å². The second-order valence-electron chi connectivity index (χ2n) is 6.69. The van der Waals surface area contributed by atoms with Gasteiger partial charge in [-0.1, -0.05) is 42.0 Å². The first-order valence-electron chi connectivity index (χ1n) is 9.05. The molecule has 1 aliphatic rings. The number of furan rings is 1. The Morgan fingerprint density at radius 3 is 2.63 bits per heavy atom. The van der Waals surface area contributed by atoms with Crippen LogP contribution in [0.4, 0.5) is 5.82 Å². The minimum atomic E-state index is 0.561. The standard InChI is InChI=1S/C22H19N3O2/c1-13-7-9-14(10-8-13)21-24-18-16(22(23-2)25-21)11-12-26-19-15-5-3-4-6-17(15)27-20(18)19/h3-10H,11-12H2,1-2H3,(H,23,24,25). The first kappa shape index (κ1) is 15.9. The van der Waals surface area contributed by atoms with E-state index < -0.39 is 0 Å². The summed E-state index contributed by atoms with van der Waals surface area (Å²) >= 11 is 0. The predicted molar refractivity (Wildman–Crippen MR) is 106 cm³/mol. The lowest BCUT2D eigenvalue weighted by atomic mass is 10.1. The van der Waals surface area contributed by atoms with Crippen LogP contribution in [0.25, 0.3) is 33.8 Å². The van der Waals surface area contributed by atoms with Crippen LogP contribution in [0.1, 0.15) is 11.1 Å². The Kier molecular flexibility index (Phi) is 3.60. The maximum absolute atomic E-state index is 6.16. The summed E-state index contributed by atoms with van der Waals surface area (Å²) in [5.74, 6) is 2.93. The maximum Gasteiger partial charge on any atom is 0.196 e. The van der Waals surface area contributed by atoms with Crippen molar-refractivity contribution in [1.82, 2.24) is 9.97 Å². The highest BCUT2D eigenvalue weighted by molar-refractivity contribution is 5.92. The lowest BCUT2D eigenvalue weighted by molar-refractivity contribution is 0.327. The third-order valence-electron chi connectivity index (χ3n) is 4.92. The molecule has 0 saturated carbocycles. The van der Waals surface area contributed by atoms with Crippen molar-refractivity contribution in [2.45, 2.75) is 13.3 Å². The number of anilines is 1. The van der Waals surface area contributed by atoms with Crippen LogP contribution in [-0.4, -0.2) is 23.6 Å². The van der Waals surface area contributed by atoms with Gasteiger partial charge in [0.2, 0.25) is 0 Å². The third kappa shape index (κ3) is 2.54. The Hall–Kier alpha value is -3.34. The van der Waals surface area contributed by atoms with Gasteiger partial charge < -0.3 is 14.5 Å². The Morgan fingerprint density at radius 1 is 1.00 bits per heavy atom. The number of fused-ring (bicyclic) bond motifs is 5. The summed E-state index contributed by atoms with van der Waals surface area (Å²) in [4.78, 5) is 9.65. The Balaban J connectivity index is 1.78. The lowest BCUT2D eigenvalue weighted by Gasteiger charge is -2.12. The number of nitrogens with one attached hydrogen (secondary N) is 1. The van der Waals surface area contributed by atoms with Crippen LogP contribution >= 0.6 is 0 Å². The molecule has 5 heteroatoms. The topological polar surface area (TPSA) is 60.2 Å². The van der Waals surface area contributed by atoms with E-state index in [2.05, 4.69) is 24.4 Å². The molecule has 1 N–H and O–H groups in total. The Bertz CT molecular complexity index is 1150. The molecule has 5 nitrogen and oxygen atoms in total. The van der Waals surface area contributed by atoms with E-state index in [9.17, 15) is 0 Å². The molecule has 4 aromatic rings. The van der Waals surface area contributed by atoms with Gasteiger partial charge in [-0.2, -0.15) is 0 Å². The Morgan fingerprint density at radius 2 is 1.81 bits per heavy atom. The van der Waals surface area contributed by atoms with Crippen molar-refractivity contribution in [3.8, 4) is 28.6 Å². The molecule has 0 saturated heterocycles. The molecule has 0 atom stereocenters. The second kappa shape index (κ2) is 6.13. The van der Waals surface area contributed by atoms with Crippen LogP contribution in [0.15, 0.2) is 52.9 Å². The van der Waals surface area contributed by atoms with Gasteiger partial charge in [-0.25, -0.2) is 9.97 Å². The molecule has 134 valence electrons. The van der Waals surface area contributed by atoms with Gasteiger partial charge in [-0.3, -0.25) is 0 Å². The van der Waals surface area contributed by atoms with E-state index >= 15 is 0 Å². The van der Waals surface area contributed by atoms with E-state index in [1.807, 2.05) is 43.4 Å². The van der Waals surface area contributed by atoms with Crippen molar-refractivity contribution in [3.63, 3.8) is 0 Å². The normalized spacial score (nSPS) is 12.8. The van der Waals surface area contributed by atoms with Crippen molar-refractivity contribution < 1.29 is 9.15 Å². The Labute approximate surface area is 157 Å². The molecular formula is C22H19N3O2. The first-order valence-corrected chi connectivity index (χ1v) is 9.05. The number of aromatic nitrogens is 2. The van der Waals surface area contributed by atoms with Crippen LogP contribution in [0, 0.1) is 6.92 Å². The molecule has 0 radical (unpaired) electrons. The zero-order chi connectivity index (χ0) is 18.4. The highest BCUT2D eigenvalue weighted by Crippen LogP contribution is 2.43. The molecule has 0 bridgehead atoms. The number of aryl methyl sites for hydroxylation is 1. The van der Waals surface area contributed by atoms with Gasteiger partial charge in [0.15, 0.2) is 17.3 Å². The molecule has 3 heterocycles. The van der Waals surface area contributed by atoms with Crippen molar-refractivity contribution in [2.24, 2.45) is 0 Å². The number of nitrogens with zero attached hydrogens (tertiary/aromatic N) is 2. The van der Waals surface area contributed by atoms with E-state index in [1.165, 1.54) is 5.56 Å². The number of rotatable bonds is 2. The first-order chi connectivity index (χ1) is 13.2. The van der Waals surface area contributed by atoms with E-state index in [0.717, 1.165) is 45.8 Å². The molecule has 1 aliphatic heterocycles. The SMILES string of the molecule is CNc1nc(-c2ccc(C)cc2)nc2c1CCOc1c-2oc2ccccc12. The number of hydrogen-bond acceptors (Lipinski definition) is 5. The van der Waals surface area contributed by atoms with Crippen molar-refractivity contribution >= 4 is 16.8 Å². The minimum absolute atomic E-state index is 0.561. The van der Waals surface area contributed by atoms with Crippen LogP contribution in [-0.2, 0) is 6.42 Å². The summed E-state index contributed by atoms with van der Waals surface area (Å²) in [5.41, 5.74) is 4.80. The summed E-state index contributed by atoms with van der Waals surface area (Å²) in [7, 11) is 1.88.